The molecule has 1 aromatic carbocycles. The van der Waals surface area contributed by atoms with Gasteiger partial charge < -0.3 is 5.11 Å². The molecule has 2 nitrogen and oxygen atoms in total. The second-order valence-electron chi connectivity index (χ2n) is 3.63. The first kappa shape index (κ1) is 11.8. The summed E-state index contributed by atoms with van der Waals surface area (Å²) in [5.41, 5.74) is 1.52. The Bertz CT molecular complexity index is 395. The standard InChI is InChI=1S/C12H13ClO2/c1-8(2)10(7-14)5-9-3-4-12(15)11(13)6-9/h3-8,15H,1-2H3. The highest BCUT2D eigenvalue weighted by Gasteiger charge is 2.03. The van der Waals surface area contributed by atoms with Gasteiger partial charge in [0.15, 0.2) is 0 Å². The van der Waals surface area contributed by atoms with Gasteiger partial charge in [0.25, 0.3) is 0 Å². The molecule has 3 heteroatoms. The lowest BCUT2D eigenvalue weighted by molar-refractivity contribution is -0.105. The van der Waals surface area contributed by atoms with Crippen molar-refractivity contribution in [2.45, 2.75) is 13.8 Å². The number of halogens is 1. The molecule has 0 amide bonds. The maximum Gasteiger partial charge on any atom is 0.146 e. The van der Waals surface area contributed by atoms with Crippen molar-refractivity contribution in [2.24, 2.45) is 5.92 Å². The summed E-state index contributed by atoms with van der Waals surface area (Å²) >= 11 is 5.75. The van der Waals surface area contributed by atoms with E-state index in [0.29, 0.717) is 5.57 Å². The first-order chi connectivity index (χ1) is 7.04. The minimum Gasteiger partial charge on any atom is -0.506 e. The van der Waals surface area contributed by atoms with Gasteiger partial charge in [-0.1, -0.05) is 31.5 Å². The van der Waals surface area contributed by atoms with E-state index >= 15 is 0 Å². The van der Waals surface area contributed by atoms with Crippen molar-refractivity contribution < 1.29 is 9.90 Å². The Balaban J connectivity index is 3.07. The Labute approximate surface area is 94.2 Å². The highest BCUT2D eigenvalue weighted by Crippen LogP contribution is 2.25. The lowest BCUT2D eigenvalue weighted by atomic mass is 10.0. The van der Waals surface area contributed by atoms with E-state index < -0.39 is 0 Å². The molecule has 0 saturated carbocycles. The molecular weight excluding hydrogens is 212 g/mol. The van der Waals surface area contributed by atoms with Crippen LogP contribution in [0.3, 0.4) is 0 Å². The quantitative estimate of drug-likeness (QED) is 0.632. The van der Waals surface area contributed by atoms with E-state index in [1.807, 2.05) is 13.8 Å². The molecule has 0 spiro atoms. The van der Waals surface area contributed by atoms with Gasteiger partial charge in [-0.25, -0.2) is 0 Å². The second kappa shape index (κ2) is 4.99. The summed E-state index contributed by atoms with van der Waals surface area (Å²) in [6, 6.07) is 4.85. The molecule has 0 heterocycles. The van der Waals surface area contributed by atoms with Gasteiger partial charge in [0.1, 0.15) is 12.0 Å². The minimum absolute atomic E-state index is 0.0472. The average molecular weight is 225 g/mol. The number of hydrogen-bond donors (Lipinski definition) is 1. The zero-order valence-electron chi connectivity index (χ0n) is 8.70. The normalized spacial score (nSPS) is 11.9. The molecule has 0 atom stereocenters. The zero-order chi connectivity index (χ0) is 11.4. The molecule has 0 unspecified atom stereocenters. The molecule has 0 aliphatic heterocycles. The van der Waals surface area contributed by atoms with Gasteiger partial charge in [-0.05, 0) is 35.3 Å². The fourth-order valence-corrected chi connectivity index (χ4v) is 1.33. The van der Waals surface area contributed by atoms with E-state index in [1.54, 1.807) is 18.2 Å². The molecule has 0 aromatic heterocycles. The van der Waals surface area contributed by atoms with Crippen LogP contribution in [0.2, 0.25) is 5.02 Å². The predicted molar refractivity (Wildman–Crippen MR) is 62.0 cm³/mol. The van der Waals surface area contributed by atoms with E-state index in [4.69, 9.17) is 11.6 Å². The second-order valence-corrected chi connectivity index (χ2v) is 4.03. The summed E-state index contributed by atoms with van der Waals surface area (Å²) in [6.45, 7) is 3.89. The molecule has 0 radical (unpaired) electrons. The first-order valence-electron chi connectivity index (χ1n) is 4.70. The van der Waals surface area contributed by atoms with Crippen LogP contribution < -0.4 is 0 Å². The van der Waals surface area contributed by atoms with Gasteiger partial charge in [0, 0.05) is 0 Å². The highest BCUT2D eigenvalue weighted by molar-refractivity contribution is 6.32. The number of carbonyl (C=O) groups is 1. The minimum atomic E-state index is 0.0472. The average Bonchev–Trinajstić information content (AvgIpc) is 2.19. The van der Waals surface area contributed by atoms with Gasteiger partial charge in [-0.2, -0.15) is 0 Å². The number of aromatic hydroxyl groups is 1. The molecule has 0 aliphatic rings. The molecular formula is C12H13ClO2. The Morgan fingerprint density at radius 1 is 1.47 bits per heavy atom. The van der Waals surface area contributed by atoms with E-state index in [-0.39, 0.29) is 16.7 Å². The summed E-state index contributed by atoms with van der Waals surface area (Å²) in [6.07, 6.45) is 2.61. The number of aldehydes is 1. The number of hydrogen-bond acceptors (Lipinski definition) is 2. The SMILES string of the molecule is CC(C)C(C=O)=Cc1ccc(O)c(Cl)c1. The van der Waals surface area contributed by atoms with Crippen molar-refractivity contribution in [1.29, 1.82) is 0 Å². The van der Waals surface area contributed by atoms with Crippen LogP contribution in [0.5, 0.6) is 5.75 Å². The van der Waals surface area contributed by atoms with Gasteiger partial charge in [-0.3, -0.25) is 4.79 Å². The Kier molecular flexibility index (Phi) is 3.92. The fourth-order valence-electron chi connectivity index (χ4n) is 1.14. The van der Waals surface area contributed by atoms with Crippen LogP contribution in [0.15, 0.2) is 23.8 Å². The largest absolute Gasteiger partial charge is 0.506 e. The molecule has 1 N–H and O–H groups in total. The smallest absolute Gasteiger partial charge is 0.146 e. The number of benzene rings is 1. The number of rotatable bonds is 3. The van der Waals surface area contributed by atoms with Crippen molar-refractivity contribution in [3.8, 4) is 5.75 Å². The summed E-state index contributed by atoms with van der Waals surface area (Å²) in [5.74, 6) is 0.223. The van der Waals surface area contributed by atoms with Gasteiger partial charge in [0.2, 0.25) is 0 Å². The fraction of sp³-hybridized carbons (Fsp3) is 0.250. The van der Waals surface area contributed by atoms with Crippen LogP contribution in [0.25, 0.3) is 6.08 Å². The van der Waals surface area contributed by atoms with Crippen LogP contribution >= 0.6 is 11.6 Å². The maximum atomic E-state index is 10.8. The van der Waals surface area contributed by atoms with E-state index in [1.165, 1.54) is 6.07 Å². The van der Waals surface area contributed by atoms with Crippen molar-refractivity contribution in [1.82, 2.24) is 0 Å². The Hall–Kier alpha value is -1.28. The summed E-state index contributed by atoms with van der Waals surface area (Å²) in [7, 11) is 0. The third kappa shape index (κ3) is 3.10. The van der Waals surface area contributed by atoms with Gasteiger partial charge in [0.05, 0.1) is 5.02 Å². The number of carbonyl (C=O) groups excluding carboxylic acids is 1. The van der Waals surface area contributed by atoms with Crippen LogP contribution in [0, 0.1) is 5.92 Å². The number of allylic oxidation sites excluding steroid dienone is 1. The maximum absolute atomic E-state index is 10.8. The highest BCUT2D eigenvalue weighted by atomic mass is 35.5. The van der Waals surface area contributed by atoms with Crippen molar-refractivity contribution in [3.63, 3.8) is 0 Å². The van der Waals surface area contributed by atoms with Crippen molar-refractivity contribution in [2.75, 3.05) is 0 Å². The topological polar surface area (TPSA) is 37.3 Å². The van der Waals surface area contributed by atoms with Crippen molar-refractivity contribution >= 4 is 24.0 Å². The van der Waals surface area contributed by atoms with E-state index in [0.717, 1.165) is 11.8 Å². The van der Waals surface area contributed by atoms with Crippen molar-refractivity contribution in [3.05, 3.63) is 34.4 Å². The zero-order valence-corrected chi connectivity index (χ0v) is 9.45. The van der Waals surface area contributed by atoms with Crippen LogP contribution in [-0.4, -0.2) is 11.4 Å². The van der Waals surface area contributed by atoms with Crippen LogP contribution in [-0.2, 0) is 4.79 Å². The lowest BCUT2D eigenvalue weighted by Gasteiger charge is -2.04. The molecule has 0 aliphatic carbocycles. The summed E-state index contributed by atoms with van der Waals surface area (Å²) in [4.78, 5) is 10.8. The molecule has 1 aromatic rings. The lowest BCUT2D eigenvalue weighted by Crippen LogP contribution is -1.94. The third-order valence-corrected chi connectivity index (χ3v) is 2.41. The predicted octanol–water partition coefficient (Wildman–Crippen LogP) is 3.28. The van der Waals surface area contributed by atoms with Crippen LogP contribution in [0.1, 0.15) is 19.4 Å². The van der Waals surface area contributed by atoms with Gasteiger partial charge >= 0.3 is 0 Å². The summed E-state index contributed by atoms with van der Waals surface area (Å²) < 4.78 is 0. The monoisotopic (exact) mass is 224 g/mol. The number of phenols is 1. The molecule has 0 fully saturated rings. The van der Waals surface area contributed by atoms with E-state index in [9.17, 15) is 9.90 Å². The van der Waals surface area contributed by atoms with Gasteiger partial charge in [-0.15, -0.1) is 0 Å². The Morgan fingerprint density at radius 2 is 2.13 bits per heavy atom. The third-order valence-electron chi connectivity index (χ3n) is 2.11. The summed E-state index contributed by atoms with van der Waals surface area (Å²) in [5, 5.41) is 9.51. The van der Waals surface area contributed by atoms with E-state index in [2.05, 4.69) is 0 Å². The van der Waals surface area contributed by atoms with Crippen LogP contribution in [0.4, 0.5) is 0 Å². The molecule has 1 rings (SSSR count). The Morgan fingerprint density at radius 3 is 2.60 bits per heavy atom. The molecule has 0 bridgehead atoms. The molecule has 15 heavy (non-hydrogen) atoms. The molecule has 80 valence electrons. The number of phenolic OH excluding ortho intramolecular Hbond substituents is 1. The molecule has 0 saturated heterocycles. The first-order valence-corrected chi connectivity index (χ1v) is 5.07.